The minimum atomic E-state index is -0.783. The van der Waals surface area contributed by atoms with Crippen LogP contribution in [-0.4, -0.2) is 12.1 Å². The molecule has 2 N–H and O–H groups in total. The van der Waals surface area contributed by atoms with Crippen LogP contribution in [0.25, 0.3) is 0 Å². The Hall–Kier alpha value is -1.06. The van der Waals surface area contributed by atoms with E-state index >= 15 is 0 Å². The van der Waals surface area contributed by atoms with Gasteiger partial charge in [-0.15, -0.1) is 0 Å². The molecule has 0 radical (unpaired) electrons. The van der Waals surface area contributed by atoms with Crippen LogP contribution in [-0.2, 0) is 9.53 Å². The summed E-state index contributed by atoms with van der Waals surface area (Å²) in [6.45, 7) is 0. The molecule has 0 unspecified atom stereocenters. The molecule has 0 bridgehead atoms. The van der Waals surface area contributed by atoms with E-state index in [1.54, 1.807) is 24.3 Å². The molecular weight excluding hydrogens is 226 g/mol. The Morgan fingerprint density at radius 2 is 2.12 bits per heavy atom. The molecular formula is C12H14ClNO2. The molecule has 1 atom stereocenters. The molecule has 1 aromatic rings. The summed E-state index contributed by atoms with van der Waals surface area (Å²) >= 11 is 5.96. The van der Waals surface area contributed by atoms with Crippen molar-refractivity contribution in [3.8, 4) is 0 Å². The molecule has 0 heterocycles. The quantitative estimate of drug-likeness (QED) is 0.825. The summed E-state index contributed by atoms with van der Waals surface area (Å²) in [6, 6.07) is 6.28. The van der Waals surface area contributed by atoms with Gasteiger partial charge in [0.2, 0.25) is 0 Å². The van der Waals surface area contributed by atoms with Crippen molar-refractivity contribution < 1.29 is 9.53 Å². The SMILES string of the molecule is N[C@@H](C(=O)OC1CCC1)c1ccccc1Cl. The predicted molar refractivity (Wildman–Crippen MR) is 62.1 cm³/mol. The Kier molecular flexibility index (Phi) is 3.46. The van der Waals surface area contributed by atoms with E-state index in [4.69, 9.17) is 22.1 Å². The largest absolute Gasteiger partial charge is 0.461 e. The summed E-state index contributed by atoms with van der Waals surface area (Å²) in [6.07, 6.45) is 3.07. The number of hydrogen-bond donors (Lipinski definition) is 1. The van der Waals surface area contributed by atoms with E-state index in [1.807, 2.05) is 0 Å². The van der Waals surface area contributed by atoms with Gasteiger partial charge in [0, 0.05) is 5.02 Å². The summed E-state index contributed by atoms with van der Waals surface area (Å²) in [5, 5.41) is 0.501. The average molecular weight is 240 g/mol. The summed E-state index contributed by atoms with van der Waals surface area (Å²) in [4.78, 5) is 11.7. The molecule has 0 saturated heterocycles. The Labute approximate surface area is 99.5 Å². The first kappa shape index (κ1) is 11.4. The van der Waals surface area contributed by atoms with Crippen molar-refractivity contribution in [3.63, 3.8) is 0 Å². The van der Waals surface area contributed by atoms with Gasteiger partial charge in [0.05, 0.1) is 0 Å². The van der Waals surface area contributed by atoms with Crippen molar-refractivity contribution in [3.05, 3.63) is 34.9 Å². The molecule has 0 spiro atoms. The van der Waals surface area contributed by atoms with Crippen LogP contribution in [0, 0.1) is 0 Å². The number of rotatable bonds is 3. The minimum absolute atomic E-state index is 0.0565. The lowest BCUT2D eigenvalue weighted by molar-refractivity contribution is -0.154. The monoisotopic (exact) mass is 239 g/mol. The van der Waals surface area contributed by atoms with Gasteiger partial charge in [-0.3, -0.25) is 0 Å². The fourth-order valence-electron chi connectivity index (χ4n) is 1.58. The third-order valence-electron chi connectivity index (χ3n) is 2.83. The van der Waals surface area contributed by atoms with E-state index < -0.39 is 12.0 Å². The molecule has 1 saturated carbocycles. The van der Waals surface area contributed by atoms with E-state index in [2.05, 4.69) is 0 Å². The summed E-state index contributed by atoms with van der Waals surface area (Å²) in [7, 11) is 0. The first-order chi connectivity index (χ1) is 7.68. The fourth-order valence-corrected chi connectivity index (χ4v) is 1.83. The van der Waals surface area contributed by atoms with Gasteiger partial charge < -0.3 is 10.5 Å². The van der Waals surface area contributed by atoms with Crippen LogP contribution >= 0.6 is 11.6 Å². The van der Waals surface area contributed by atoms with Crippen molar-refractivity contribution in [2.24, 2.45) is 5.73 Å². The van der Waals surface area contributed by atoms with Crippen molar-refractivity contribution in [1.29, 1.82) is 0 Å². The highest BCUT2D eigenvalue weighted by molar-refractivity contribution is 6.31. The zero-order chi connectivity index (χ0) is 11.5. The van der Waals surface area contributed by atoms with Crippen LogP contribution in [0.2, 0.25) is 5.02 Å². The van der Waals surface area contributed by atoms with Gasteiger partial charge in [0.1, 0.15) is 12.1 Å². The van der Waals surface area contributed by atoms with Crippen molar-refractivity contribution in [2.45, 2.75) is 31.4 Å². The van der Waals surface area contributed by atoms with Crippen LogP contribution in [0.4, 0.5) is 0 Å². The Balaban J connectivity index is 2.03. The molecule has 3 nitrogen and oxygen atoms in total. The molecule has 1 aliphatic carbocycles. The van der Waals surface area contributed by atoms with E-state index in [9.17, 15) is 4.79 Å². The second kappa shape index (κ2) is 4.85. The summed E-state index contributed by atoms with van der Waals surface area (Å²) in [5.74, 6) is -0.391. The Morgan fingerprint density at radius 3 is 2.69 bits per heavy atom. The van der Waals surface area contributed by atoms with E-state index in [1.165, 1.54) is 0 Å². The minimum Gasteiger partial charge on any atom is -0.461 e. The van der Waals surface area contributed by atoms with Crippen molar-refractivity contribution in [2.75, 3.05) is 0 Å². The highest BCUT2D eigenvalue weighted by atomic mass is 35.5. The molecule has 1 aliphatic rings. The molecule has 1 aromatic carbocycles. The maximum Gasteiger partial charge on any atom is 0.327 e. The van der Waals surface area contributed by atoms with Gasteiger partial charge in [0.15, 0.2) is 0 Å². The number of carbonyl (C=O) groups excluding carboxylic acids is 1. The lowest BCUT2D eigenvalue weighted by Gasteiger charge is -2.26. The average Bonchev–Trinajstić information content (AvgIpc) is 2.23. The molecule has 4 heteroatoms. The van der Waals surface area contributed by atoms with Gasteiger partial charge in [-0.05, 0) is 30.9 Å². The summed E-state index contributed by atoms with van der Waals surface area (Å²) in [5.41, 5.74) is 6.43. The normalized spacial score (nSPS) is 17.6. The molecule has 86 valence electrons. The molecule has 0 aliphatic heterocycles. The maximum absolute atomic E-state index is 11.7. The predicted octanol–water partition coefficient (Wildman–Crippen LogP) is 2.44. The maximum atomic E-state index is 11.7. The van der Waals surface area contributed by atoms with Gasteiger partial charge in [-0.25, -0.2) is 4.79 Å². The number of ether oxygens (including phenoxy) is 1. The van der Waals surface area contributed by atoms with Gasteiger partial charge in [-0.2, -0.15) is 0 Å². The smallest absolute Gasteiger partial charge is 0.327 e. The van der Waals surface area contributed by atoms with Crippen LogP contribution in [0.1, 0.15) is 30.9 Å². The lowest BCUT2D eigenvalue weighted by atomic mass is 9.96. The molecule has 0 amide bonds. The fraction of sp³-hybridized carbons (Fsp3) is 0.417. The topological polar surface area (TPSA) is 52.3 Å². The highest BCUT2D eigenvalue weighted by Crippen LogP contribution is 2.26. The third kappa shape index (κ3) is 2.36. The number of esters is 1. The molecule has 1 fully saturated rings. The Bertz CT molecular complexity index is 390. The van der Waals surface area contributed by atoms with Crippen molar-refractivity contribution in [1.82, 2.24) is 0 Å². The van der Waals surface area contributed by atoms with Crippen LogP contribution in [0.3, 0.4) is 0 Å². The van der Waals surface area contributed by atoms with Gasteiger partial charge in [0.25, 0.3) is 0 Å². The number of hydrogen-bond acceptors (Lipinski definition) is 3. The number of halogens is 1. The van der Waals surface area contributed by atoms with Crippen LogP contribution in [0.15, 0.2) is 24.3 Å². The van der Waals surface area contributed by atoms with Gasteiger partial charge in [-0.1, -0.05) is 29.8 Å². The van der Waals surface area contributed by atoms with E-state index in [-0.39, 0.29) is 6.10 Å². The van der Waals surface area contributed by atoms with Gasteiger partial charge >= 0.3 is 5.97 Å². The molecule has 16 heavy (non-hydrogen) atoms. The molecule has 0 aromatic heterocycles. The second-order valence-corrected chi connectivity index (χ2v) is 4.40. The Morgan fingerprint density at radius 1 is 1.44 bits per heavy atom. The zero-order valence-corrected chi connectivity index (χ0v) is 9.61. The van der Waals surface area contributed by atoms with Crippen molar-refractivity contribution >= 4 is 17.6 Å². The van der Waals surface area contributed by atoms with Crippen LogP contribution < -0.4 is 5.73 Å². The first-order valence-electron chi connectivity index (χ1n) is 5.39. The highest BCUT2D eigenvalue weighted by Gasteiger charge is 2.26. The number of carbonyl (C=O) groups is 1. The zero-order valence-electron chi connectivity index (χ0n) is 8.86. The van der Waals surface area contributed by atoms with E-state index in [0.717, 1.165) is 19.3 Å². The van der Waals surface area contributed by atoms with Crippen LogP contribution in [0.5, 0.6) is 0 Å². The lowest BCUT2D eigenvalue weighted by Crippen LogP contribution is -2.31. The third-order valence-corrected chi connectivity index (χ3v) is 3.17. The van der Waals surface area contributed by atoms with E-state index in [0.29, 0.717) is 10.6 Å². The standard InChI is InChI=1S/C12H14ClNO2/c13-10-7-2-1-6-9(10)11(14)12(15)16-8-4-3-5-8/h1-2,6-8,11H,3-5,14H2/t11-/m1/s1. The molecule has 2 rings (SSSR count). The number of benzene rings is 1. The number of nitrogens with two attached hydrogens (primary N) is 1. The first-order valence-corrected chi connectivity index (χ1v) is 5.77. The summed E-state index contributed by atoms with van der Waals surface area (Å²) < 4.78 is 5.23. The second-order valence-electron chi connectivity index (χ2n) is 3.99.